The standard InChI is InChI=1S/C47H29N7/c1-4-16-30(17-5-1)43-33-22-10-13-25-36(33)48-46(49-43)53-37-26-14-11-23-34(37)41-39(53)28-29-40-42(41)35-24-12-15-27-38(35)54(40)47-51-44(31-18-6-2-7-19-31)50-45(52-47)32-20-8-3-9-21-32/h1-29H. The molecule has 0 unspecified atom stereocenters. The highest BCUT2D eigenvalue weighted by Gasteiger charge is 2.23. The SMILES string of the molecule is c1ccc(-c2nc(-c3ccccc3)nc(-n3c4ccccc4c4c5c6ccccc6n(-c6nc(-c7ccccc7)c7ccccc7n6)c5ccc43)n2)cc1. The Bertz CT molecular complexity index is 3150. The molecule has 7 nitrogen and oxygen atoms in total. The van der Waals surface area contributed by atoms with E-state index < -0.39 is 0 Å². The van der Waals surface area contributed by atoms with E-state index in [1.165, 1.54) is 0 Å². The van der Waals surface area contributed by atoms with Gasteiger partial charge in [-0.3, -0.25) is 9.13 Å². The van der Waals surface area contributed by atoms with Crippen LogP contribution in [0, 0.1) is 0 Å². The van der Waals surface area contributed by atoms with E-state index in [9.17, 15) is 0 Å². The van der Waals surface area contributed by atoms with Crippen LogP contribution in [0.3, 0.4) is 0 Å². The first-order valence-electron chi connectivity index (χ1n) is 18.0. The van der Waals surface area contributed by atoms with Crippen molar-refractivity contribution in [3.63, 3.8) is 0 Å². The topological polar surface area (TPSA) is 74.3 Å². The van der Waals surface area contributed by atoms with Gasteiger partial charge in [0.2, 0.25) is 11.9 Å². The molecule has 0 aliphatic heterocycles. The summed E-state index contributed by atoms with van der Waals surface area (Å²) >= 11 is 0. The third-order valence-electron chi connectivity index (χ3n) is 10.2. The first kappa shape index (κ1) is 30.1. The molecule has 0 amide bonds. The van der Waals surface area contributed by atoms with Crippen molar-refractivity contribution in [3.05, 3.63) is 176 Å². The maximum Gasteiger partial charge on any atom is 0.238 e. The van der Waals surface area contributed by atoms with Crippen LogP contribution in [0.1, 0.15) is 0 Å². The molecule has 7 heteroatoms. The Balaban J connectivity index is 1.23. The van der Waals surface area contributed by atoms with Crippen LogP contribution in [0.25, 0.3) is 100 Å². The van der Waals surface area contributed by atoms with Crippen molar-refractivity contribution in [3.8, 4) is 45.9 Å². The molecule has 0 bridgehead atoms. The average Bonchev–Trinajstić information content (AvgIpc) is 3.77. The summed E-state index contributed by atoms with van der Waals surface area (Å²) in [5.41, 5.74) is 8.75. The van der Waals surface area contributed by atoms with Gasteiger partial charge in [0.15, 0.2) is 11.6 Å². The van der Waals surface area contributed by atoms with Gasteiger partial charge < -0.3 is 0 Å². The summed E-state index contributed by atoms with van der Waals surface area (Å²) in [6.07, 6.45) is 0. The lowest BCUT2D eigenvalue weighted by Gasteiger charge is -2.12. The molecule has 11 rings (SSSR count). The fraction of sp³-hybridized carbons (Fsp3) is 0. The molecular formula is C47H29N7. The van der Waals surface area contributed by atoms with Gasteiger partial charge in [-0.25, -0.2) is 15.0 Å². The summed E-state index contributed by atoms with van der Waals surface area (Å²) in [7, 11) is 0. The Hall–Kier alpha value is -7.51. The number of para-hydroxylation sites is 3. The quantitative estimate of drug-likeness (QED) is 0.180. The molecule has 11 aromatic rings. The lowest BCUT2D eigenvalue weighted by molar-refractivity contribution is 0.953. The van der Waals surface area contributed by atoms with E-state index in [2.05, 4.69) is 106 Å². The van der Waals surface area contributed by atoms with Crippen LogP contribution in [-0.2, 0) is 0 Å². The molecule has 54 heavy (non-hydrogen) atoms. The van der Waals surface area contributed by atoms with Gasteiger partial charge in [-0.2, -0.15) is 9.97 Å². The van der Waals surface area contributed by atoms with Gasteiger partial charge in [-0.15, -0.1) is 0 Å². The summed E-state index contributed by atoms with van der Waals surface area (Å²) < 4.78 is 4.38. The molecule has 0 aliphatic rings. The molecule has 0 atom stereocenters. The van der Waals surface area contributed by atoms with Crippen LogP contribution in [0.15, 0.2) is 176 Å². The maximum atomic E-state index is 5.31. The largest absolute Gasteiger partial charge is 0.278 e. The van der Waals surface area contributed by atoms with Gasteiger partial charge in [0.1, 0.15) is 0 Å². The van der Waals surface area contributed by atoms with Crippen LogP contribution in [0.5, 0.6) is 0 Å². The van der Waals surface area contributed by atoms with E-state index in [0.717, 1.165) is 76.9 Å². The van der Waals surface area contributed by atoms with Gasteiger partial charge in [0, 0.05) is 43.6 Å². The zero-order valence-corrected chi connectivity index (χ0v) is 28.9. The molecule has 0 radical (unpaired) electrons. The first-order valence-corrected chi connectivity index (χ1v) is 18.0. The van der Waals surface area contributed by atoms with Crippen molar-refractivity contribution in [1.82, 2.24) is 34.1 Å². The molecular weight excluding hydrogens is 663 g/mol. The fourth-order valence-corrected chi connectivity index (χ4v) is 7.83. The van der Waals surface area contributed by atoms with E-state index in [1.54, 1.807) is 0 Å². The Morgan fingerprint density at radius 1 is 0.296 bits per heavy atom. The van der Waals surface area contributed by atoms with Crippen molar-refractivity contribution < 1.29 is 0 Å². The predicted octanol–water partition coefficient (Wildman–Crippen LogP) is 11.0. The Morgan fingerprint density at radius 3 is 1.26 bits per heavy atom. The second kappa shape index (κ2) is 12.0. The minimum atomic E-state index is 0.558. The minimum Gasteiger partial charge on any atom is -0.278 e. The van der Waals surface area contributed by atoms with Gasteiger partial charge in [0.05, 0.1) is 33.3 Å². The molecule has 0 aliphatic carbocycles. The lowest BCUT2D eigenvalue weighted by atomic mass is 10.1. The molecule has 7 aromatic carbocycles. The molecule has 0 saturated carbocycles. The minimum absolute atomic E-state index is 0.558. The summed E-state index contributed by atoms with van der Waals surface area (Å²) in [6.45, 7) is 0. The third kappa shape index (κ3) is 4.65. The van der Waals surface area contributed by atoms with Gasteiger partial charge in [0.25, 0.3) is 0 Å². The van der Waals surface area contributed by atoms with Crippen LogP contribution >= 0.6 is 0 Å². The zero-order valence-electron chi connectivity index (χ0n) is 28.9. The molecule has 0 N–H and O–H groups in total. The van der Waals surface area contributed by atoms with Crippen molar-refractivity contribution >= 4 is 54.5 Å². The first-order chi connectivity index (χ1) is 26.8. The monoisotopic (exact) mass is 691 g/mol. The van der Waals surface area contributed by atoms with Crippen LogP contribution in [0.4, 0.5) is 0 Å². The second-order valence-corrected chi connectivity index (χ2v) is 13.3. The summed E-state index contributed by atoms with van der Waals surface area (Å²) in [5, 5.41) is 5.47. The average molecular weight is 692 g/mol. The van der Waals surface area contributed by atoms with E-state index >= 15 is 0 Å². The lowest BCUT2D eigenvalue weighted by Crippen LogP contribution is -2.06. The Morgan fingerprint density at radius 2 is 0.722 bits per heavy atom. The predicted molar refractivity (Wildman–Crippen MR) is 218 cm³/mol. The number of hydrogen-bond acceptors (Lipinski definition) is 5. The summed E-state index contributed by atoms with van der Waals surface area (Å²) in [4.78, 5) is 25.8. The molecule has 4 heterocycles. The van der Waals surface area contributed by atoms with Crippen LogP contribution < -0.4 is 0 Å². The number of aromatic nitrogens is 7. The number of fused-ring (bicyclic) bond motifs is 8. The number of nitrogens with zero attached hydrogens (tertiary/aromatic N) is 7. The van der Waals surface area contributed by atoms with Crippen LogP contribution in [0.2, 0.25) is 0 Å². The second-order valence-electron chi connectivity index (χ2n) is 13.3. The maximum absolute atomic E-state index is 5.31. The van der Waals surface area contributed by atoms with Crippen molar-refractivity contribution in [2.45, 2.75) is 0 Å². The molecule has 4 aromatic heterocycles. The van der Waals surface area contributed by atoms with Crippen molar-refractivity contribution in [1.29, 1.82) is 0 Å². The van der Waals surface area contributed by atoms with E-state index in [-0.39, 0.29) is 0 Å². The van der Waals surface area contributed by atoms with Gasteiger partial charge >= 0.3 is 0 Å². The van der Waals surface area contributed by atoms with E-state index in [0.29, 0.717) is 23.5 Å². The third-order valence-corrected chi connectivity index (χ3v) is 10.2. The Kier molecular flexibility index (Phi) is 6.72. The van der Waals surface area contributed by atoms with Crippen molar-refractivity contribution in [2.75, 3.05) is 0 Å². The van der Waals surface area contributed by atoms with Crippen molar-refractivity contribution in [2.24, 2.45) is 0 Å². The molecule has 0 fully saturated rings. The smallest absolute Gasteiger partial charge is 0.238 e. The normalized spacial score (nSPS) is 11.7. The number of hydrogen-bond donors (Lipinski definition) is 0. The molecule has 0 saturated heterocycles. The zero-order chi connectivity index (χ0) is 35.6. The Labute approximate surface area is 309 Å². The van der Waals surface area contributed by atoms with E-state index in [1.807, 2.05) is 78.9 Å². The van der Waals surface area contributed by atoms with Crippen LogP contribution in [-0.4, -0.2) is 34.1 Å². The highest BCUT2D eigenvalue weighted by molar-refractivity contribution is 6.28. The molecule has 0 spiro atoms. The summed E-state index contributed by atoms with van der Waals surface area (Å²) in [6, 6.07) is 60.2. The van der Waals surface area contributed by atoms with Gasteiger partial charge in [-0.1, -0.05) is 146 Å². The fourth-order valence-electron chi connectivity index (χ4n) is 7.83. The summed E-state index contributed by atoms with van der Waals surface area (Å²) in [5.74, 6) is 2.41. The van der Waals surface area contributed by atoms with E-state index in [4.69, 9.17) is 24.9 Å². The molecule has 252 valence electrons. The highest BCUT2D eigenvalue weighted by Crippen LogP contribution is 2.42. The van der Waals surface area contributed by atoms with Gasteiger partial charge in [-0.05, 0) is 30.3 Å². The number of rotatable bonds is 5. The number of benzene rings is 7. The highest BCUT2D eigenvalue weighted by atomic mass is 15.2.